The highest BCUT2D eigenvalue weighted by molar-refractivity contribution is 6.30. The average Bonchev–Trinajstić information content (AvgIpc) is 2.96. The van der Waals surface area contributed by atoms with Gasteiger partial charge in [0, 0.05) is 5.02 Å². The zero-order valence-corrected chi connectivity index (χ0v) is 13.7. The quantitative estimate of drug-likeness (QED) is 0.827. The number of carbonyl (C=O) groups is 1. The van der Waals surface area contributed by atoms with E-state index in [2.05, 4.69) is 0 Å². The summed E-state index contributed by atoms with van der Waals surface area (Å²) in [6.07, 6.45) is 5.39. The first-order chi connectivity index (χ1) is 11.0. The molecule has 3 nitrogen and oxygen atoms in total. The minimum Gasteiger partial charge on any atom is -0.481 e. The van der Waals surface area contributed by atoms with E-state index in [1.807, 2.05) is 30.3 Å². The van der Waals surface area contributed by atoms with E-state index in [9.17, 15) is 15.0 Å². The lowest BCUT2D eigenvalue weighted by molar-refractivity contribution is -0.140. The minimum absolute atomic E-state index is 0.195. The van der Waals surface area contributed by atoms with Crippen molar-refractivity contribution in [2.24, 2.45) is 23.2 Å². The Morgan fingerprint density at radius 3 is 2.91 bits per heavy atom. The fourth-order valence-electron chi connectivity index (χ4n) is 5.45. The number of aliphatic hydroxyl groups excluding tert-OH is 1. The van der Waals surface area contributed by atoms with E-state index in [4.69, 9.17) is 11.6 Å². The zero-order chi connectivity index (χ0) is 16.2. The summed E-state index contributed by atoms with van der Waals surface area (Å²) in [6.45, 7) is 0. The van der Waals surface area contributed by atoms with E-state index >= 15 is 0 Å². The van der Waals surface area contributed by atoms with Crippen LogP contribution in [0.5, 0.6) is 0 Å². The van der Waals surface area contributed by atoms with Crippen LogP contribution in [0.4, 0.5) is 0 Å². The molecule has 122 valence electrons. The smallest absolute Gasteiger partial charge is 0.303 e. The van der Waals surface area contributed by atoms with E-state index < -0.39 is 5.97 Å². The Labute approximate surface area is 141 Å². The first-order valence-electron chi connectivity index (χ1n) is 8.32. The molecule has 0 amide bonds. The predicted octanol–water partition coefficient (Wildman–Crippen LogP) is 3.69. The van der Waals surface area contributed by atoms with E-state index in [-0.39, 0.29) is 17.9 Å². The highest BCUT2D eigenvalue weighted by Gasteiger charge is 2.57. The number of aliphatic carboxylic acids is 1. The fraction of sp³-hybridized carbons (Fsp3) is 0.526. The topological polar surface area (TPSA) is 57.5 Å². The fourth-order valence-corrected chi connectivity index (χ4v) is 5.67. The van der Waals surface area contributed by atoms with Crippen LogP contribution in [0.3, 0.4) is 0 Å². The molecule has 0 radical (unpaired) electrons. The van der Waals surface area contributed by atoms with Crippen molar-refractivity contribution in [3.05, 3.63) is 46.5 Å². The molecule has 0 heterocycles. The summed E-state index contributed by atoms with van der Waals surface area (Å²) in [7, 11) is 0. The van der Waals surface area contributed by atoms with Gasteiger partial charge in [0.05, 0.1) is 12.5 Å². The molecule has 2 saturated carbocycles. The van der Waals surface area contributed by atoms with Crippen LogP contribution in [0.25, 0.3) is 0 Å². The van der Waals surface area contributed by atoms with Gasteiger partial charge in [-0.15, -0.1) is 0 Å². The lowest BCUT2D eigenvalue weighted by atomic mass is 9.69. The van der Waals surface area contributed by atoms with Crippen molar-refractivity contribution in [3.63, 3.8) is 0 Å². The number of rotatable bonds is 4. The van der Waals surface area contributed by atoms with Gasteiger partial charge in [-0.25, -0.2) is 0 Å². The lowest BCUT2D eigenvalue weighted by Gasteiger charge is -2.35. The standard InChI is InChI=1S/C19H21ClO3/c20-14-3-1-2-11(4-14)8-19(10-18(22)23)9-13-7-17(21)12-5-15(13)16(19)6-12/h1-4,7,12,15-17,21H,5-6,8-10H2,(H,22,23). The third kappa shape index (κ3) is 2.50. The maximum atomic E-state index is 11.6. The summed E-state index contributed by atoms with van der Waals surface area (Å²) < 4.78 is 0. The molecule has 3 aliphatic rings. The molecule has 2 fully saturated rings. The van der Waals surface area contributed by atoms with Crippen LogP contribution in [0.15, 0.2) is 35.9 Å². The molecule has 0 aromatic heterocycles. The molecule has 0 spiro atoms. The Balaban J connectivity index is 1.71. The Morgan fingerprint density at radius 1 is 1.35 bits per heavy atom. The summed E-state index contributed by atoms with van der Waals surface area (Å²) in [6, 6.07) is 7.78. The third-order valence-corrected chi connectivity index (χ3v) is 6.47. The number of benzene rings is 1. The molecule has 4 heteroatoms. The number of allylic oxidation sites excluding steroid dienone is 1. The second kappa shape index (κ2) is 5.35. The van der Waals surface area contributed by atoms with Crippen LogP contribution in [0.1, 0.15) is 31.2 Å². The summed E-state index contributed by atoms with van der Waals surface area (Å²) in [5.74, 6) is 0.422. The number of halogens is 1. The lowest BCUT2D eigenvalue weighted by Crippen LogP contribution is -2.33. The minimum atomic E-state index is -0.725. The average molecular weight is 333 g/mol. The molecular weight excluding hydrogens is 312 g/mol. The molecule has 5 unspecified atom stereocenters. The maximum Gasteiger partial charge on any atom is 0.303 e. The van der Waals surface area contributed by atoms with Gasteiger partial charge in [0.25, 0.3) is 0 Å². The molecule has 23 heavy (non-hydrogen) atoms. The summed E-state index contributed by atoms with van der Waals surface area (Å²) >= 11 is 6.11. The van der Waals surface area contributed by atoms with Gasteiger partial charge >= 0.3 is 5.97 Å². The van der Waals surface area contributed by atoms with Crippen LogP contribution >= 0.6 is 11.6 Å². The summed E-state index contributed by atoms with van der Waals surface area (Å²) in [4.78, 5) is 11.6. The molecule has 0 aliphatic heterocycles. The molecular formula is C19H21ClO3. The Hall–Kier alpha value is -1.32. The van der Waals surface area contributed by atoms with E-state index in [1.54, 1.807) is 0 Å². The first-order valence-corrected chi connectivity index (χ1v) is 8.69. The Morgan fingerprint density at radius 2 is 2.17 bits per heavy atom. The summed E-state index contributed by atoms with van der Waals surface area (Å²) in [5.41, 5.74) is 2.17. The second-order valence-electron chi connectivity index (χ2n) is 7.59. The maximum absolute atomic E-state index is 11.6. The normalized spacial score (nSPS) is 37.7. The molecule has 2 N–H and O–H groups in total. The molecule has 3 aliphatic carbocycles. The van der Waals surface area contributed by atoms with Crippen LogP contribution in [-0.2, 0) is 11.2 Å². The van der Waals surface area contributed by atoms with Gasteiger partial charge < -0.3 is 10.2 Å². The van der Waals surface area contributed by atoms with E-state index in [0.717, 1.165) is 31.2 Å². The SMILES string of the molecule is O=C(O)CC1(Cc2cccc(Cl)c2)CC2=CC(O)C3CC2C1C3. The van der Waals surface area contributed by atoms with Crippen molar-refractivity contribution in [1.29, 1.82) is 0 Å². The first kappa shape index (κ1) is 15.2. The number of fused-ring (bicyclic) bond motifs is 1. The molecule has 5 atom stereocenters. The van der Waals surface area contributed by atoms with Gasteiger partial charge in [0.15, 0.2) is 0 Å². The largest absolute Gasteiger partial charge is 0.481 e. The van der Waals surface area contributed by atoms with Gasteiger partial charge in [-0.05, 0) is 66.5 Å². The van der Waals surface area contributed by atoms with Crippen molar-refractivity contribution in [1.82, 2.24) is 0 Å². The van der Waals surface area contributed by atoms with Gasteiger partial charge in [-0.3, -0.25) is 4.79 Å². The van der Waals surface area contributed by atoms with Crippen molar-refractivity contribution in [2.45, 2.75) is 38.2 Å². The number of hydrogen-bond donors (Lipinski definition) is 2. The van der Waals surface area contributed by atoms with Crippen LogP contribution in [-0.4, -0.2) is 22.3 Å². The van der Waals surface area contributed by atoms with Crippen LogP contribution < -0.4 is 0 Å². The van der Waals surface area contributed by atoms with Gasteiger partial charge in [-0.2, -0.15) is 0 Å². The number of hydrogen-bond acceptors (Lipinski definition) is 2. The van der Waals surface area contributed by atoms with E-state index in [1.165, 1.54) is 5.57 Å². The van der Waals surface area contributed by atoms with E-state index in [0.29, 0.717) is 22.8 Å². The zero-order valence-electron chi connectivity index (χ0n) is 12.9. The van der Waals surface area contributed by atoms with Crippen molar-refractivity contribution < 1.29 is 15.0 Å². The van der Waals surface area contributed by atoms with Crippen LogP contribution in [0, 0.1) is 23.2 Å². The van der Waals surface area contributed by atoms with Gasteiger partial charge in [0.2, 0.25) is 0 Å². The Kier molecular flexibility index (Phi) is 3.54. The monoisotopic (exact) mass is 332 g/mol. The number of aliphatic hydroxyl groups is 1. The van der Waals surface area contributed by atoms with Crippen LogP contribution in [0.2, 0.25) is 5.02 Å². The number of carboxylic acids is 1. The highest BCUT2D eigenvalue weighted by atomic mass is 35.5. The molecule has 4 rings (SSSR count). The van der Waals surface area contributed by atoms with Crippen molar-refractivity contribution >= 4 is 17.6 Å². The predicted molar refractivity (Wildman–Crippen MR) is 88.3 cm³/mol. The van der Waals surface area contributed by atoms with Crippen molar-refractivity contribution in [3.8, 4) is 0 Å². The van der Waals surface area contributed by atoms with Gasteiger partial charge in [-0.1, -0.05) is 35.4 Å². The van der Waals surface area contributed by atoms with Gasteiger partial charge in [0.1, 0.15) is 0 Å². The Bertz CT molecular complexity index is 683. The van der Waals surface area contributed by atoms with Crippen molar-refractivity contribution in [2.75, 3.05) is 0 Å². The molecule has 2 bridgehead atoms. The third-order valence-electron chi connectivity index (χ3n) is 6.23. The highest BCUT2D eigenvalue weighted by Crippen LogP contribution is 2.64. The molecule has 1 aromatic carbocycles. The second-order valence-corrected chi connectivity index (χ2v) is 8.03. The molecule has 1 aromatic rings. The molecule has 0 saturated heterocycles. The summed E-state index contributed by atoms with van der Waals surface area (Å²) in [5, 5.41) is 20.4. The number of carboxylic acid groups (broad SMARTS) is 1.